The van der Waals surface area contributed by atoms with E-state index < -0.39 is 0 Å². The van der Waals surface area contributed by atoms with Crippen LogP contribution < -0.4 is 21.3 Å². The van der Waals surface area contributed by atoms with Crippen molar-refractivity contribution >= 4 is 35.4 Å². The molecule has 2 aliphatic heterocycles. The summed E-state index contributed by atoms with van der Waals surface area (Å²) < 4.78 is 1.82. The number of rotatable bonds is 6. The first-order valence-corrected chi connectivity index (χ1v) is 13.1. The normalized spacial score (nSPS) is 19.1. The van der Waals surface area contributed by atoms with Gasteiger partial charge in [0.05, 0.1) is 11.4 Å². The van der Waals surface area contributed by atoms with Crippen LogP contribution in [0.5, 0.6) is 0 Å². The first kappa shape index (κ1) is 25.4. The van der Waals surface area contributed by atoms with Crippen LogP contribution in [-0.4, -0.2) is 45.3 Å². The van der Waals surface area contributed by atoms with Gasteiger partial charge in [-0.3, -0.25) is 0 Å². The summed E-state index contributed by atoms with van der Waals surface area (Å²) in [6, 6.07) is 17.3. The number of fused-ring (bicyclic) bond motifs is 1. The van der Waals surface area contributed by atoms with E-state index in [-0.39, 0.29) is 18.4 Å². The lowest BCUT2D eigenvalue weighted by Crippen LogP contribution is -2.33. The number of benzene rings is 1. The zero-order valence-corrected chi connectivity index (χ0v) is 22.0. The van der Waals surface area contributed by atoms with Crippen molar-refractivity contribution in [2.24, 2.45) is 11.7 Å². The fourth-order valence-electron chi connectivity index (χ4n) is 5.60. The third-order valence-corrected chi connectivity index (χ3v) is 7.66. The number of pyridine rings is 1. The van der Waals surface area contributed by atoms with E-state index in [0.717, 1.165) is 72.3 Å². The molecule has 1 aromatic carbocycles. The maximum Gasteiger partial charge on any atom is 0.177 e. The molecule has 2 unspecified atom stereocenters. The van der Waals surface area contributed by atoms with Gasteiger partial charge in [-0.05, 0) is 81.4 Å². The van der Waals surface area contributed by atoms with Gasteiger partial charge in [-0.15, -0.1) is 12.4 Å². The summed E-state index contributed by atoms with van der Waals surface area (Å²) >= 11 is 0. The Morgan fingerprint density at radius 2 is 1.92 bits per heavy atom. The first-order chi connectivity index (χ1) is 17.7. The Morgan fingerprint density at radius 1 is 1.08 bits per heavy atom. The Bertz CT molecular complexity index is 1350. The number of hydrogen-bond donors (Lipinski definition) is 3. The van der Waals surface area contributed by atoms with Crippen molar-refractivity contribution in [3.8, 4) is 11.3 Å². The molecule has 0 aliphatic carbocycles. The molecule has 2 atom stereocenters. The van der Waals surface area contributed by atoms with Gasteiger partial charge in [0.15, 0.2) is 5.65 Å². The Hall–Kier alpha value is -3.20. The second-order valence-corrected chi connectivity index (χ2v) is 10.1. The minimum Gasteiger partial charge on any atom is -0.354 e. The minimum atomic E-state index is 0. The number of anilines is 3. The summed E-state index contributed by atoms with van der Waals surface area (Å²) in [6.07, 6.45) is 8.30. The van der Waals surface area contributed by atoms with E-state index in [1.807, 2.05) is 16.8 Å². The smallest absolute Gasteiger partial charge is 0.177 e. The van der Waals surface area contributed by atoms with E-state index in [4.69, 9.17) is 15.8 Å². The molecule has 194 valence electrons. The standard InChI is InChI=1S/C28H34N8.ClH/c1-19-5-4-15-35(19)26-9-3-8-25(33-26)32-24-18-23(34-36-16-14-31-28(24)36)21-6-2-7-22(17-21)27(29)20-10-12-30-13-11-20;/h2-3,6-9,14,16-20,27,30H,4-5,10-13,15,29H2,1H3,(H,32,33);1H. The third-order valence-electron chi connectivity index (χ3n) is 7.66. The summed E-state index contributed by atoms with van der Waals surface area (Å²) in [5.41, 5.74) is 11.4. The highest BCUT2D eigenvalue weighted by molar-refractivity contribution is 5.85. The fourth-order valence-corrected chi connectivity index (χ4v) is 5.60. The summed E-state index contributed by atoms with van der Waals surface area (Å²) in [5, 5.41) is 11.8. The molecule has 0 saturated carbocycles. The predicted molar refractivity (Wildman–Crippen MR) is 152 cm³/mol. The third kappa shape index (κ3) is 5.28. The summed E-state index contributed by atoms with van der Waals surface area (Å²) in [5.74, 6) is 2.31. The van der Waals surface area contributed by atoms with Crippen LogP contribution in [0.25, 0.3) is 16.9 Å². The number of piperidine rings is 1. The molecule has 0 amide bonds. The van der Waals surface area contributed by atoms with Crippen LogP contribution in [-0.2, 0) is 0 Å². The van der Waals surface area contributed by atoms with Crippen LogP contribution in [0.15, 0.2) is 60.9 Å². The molecule has 0 bridgehead atoms. The van der Waals surface area contributed by atoms with E-state index in [1.165, 1.54) is 12.8 Å². The Morgan fingerprint density at radius 3 is 2.73 bits per heavy atom. The topological polar surface area (TPSA) is 96.4 Å². The van der Waals surface area contributed by atoms with Gasteiger partial charge in [-0.25, -0.2) is 14.5 Å². The lowest BCUT2D eigenvalue weighted by Gasteiger charge is -2.28. The molecule has 0 spiro atoms. The van der Waals surface area contributed by atoms with Crippen LogP contribution in [0, 0.1) is 5.92 Å². The second-order valence-electron chi connectivity index (χ2n) is 10.1. The number of nitrogens with one attached hydrogen (secondary N) is 2. The number of halogens is 1. The Kier molecular flexibility index (Phi) is 7.60. The predicted octanol–water partition coefficient (Wildman–Crippen LogP) is 4.94. The van der Waals surface area contributed by atoms with Gasteiger partial charge in [-0.2, -0.15) is 5.10 Å². The minimum absolute atomic E-state index is 0. The number of nitrogens with two attached hydrogens (primary N) is 1. The Labute approximate surface area is 224 Å². The number of aromatic nitrogens is 4. The number of imidazole rings is 1. The van der Waals surface area contributed by atoms with Crippen molar-refractivity contribution in [3.63, 3.8) is 0 Å². The number of hydrogen-bond acceptors (Lipinski definition) is 7. The van der Waals surface area contributed by atoms with Crippen LogP contribution in [0.2, 0.25) is 0 Å². The SMILES string of the molecule is CC1CCCN1c1cccc(Nc2cc(-c3cccc(C(N)C4CCNCC4)c3)nn3ccnc23)n1.Cl. The van der Waals surface area contributed by atoms with Crippen molar-refractivity contribution in [2.45, 2.75) is 44.7 Å². The summed E-state index contributed by atoms with van der Waals surface area (Å²) in [7, 11) is 0. The monoisotopic (exact) mass is 518 g/mol. The van der Waals surface area contributed by atoms with Gasteiger partial charge >= 0.3 is 0 Å². The molecule has 5 heterocycles. The van der Waals surface area contributed by atoms with Crippen LogP contribution >= 0.6 is 12.4 Å². The lowest BCUT2D eigenvalue weighted by molar-refractivity contribution is 0.322. The average Bonchev–Trinajstić information content (AvgIpc) is 3.58. The summed E-state index contributed by atoms with van der Waals surface area (Å²) in [6.45, 7) is 5.40. The van der Waals surface area contributed by atoms with E-state index >= 15 is 0 Å². The molecular formula is C28H35ClN8. The quantitative estimate of drug-likeness (QED) is 0.332. The van der Waals surface area contributed by atoms with E-state index in [0.29, 0.717) is 12.0 Å². The molecule has 0 radical (unpaired) electrons. The molecule has 6 rings (SSSR count). The van der Waals surface area contributed by atoms with Crippen molar-refractivity contribution in [1.29, 1.82) is 0 Å². The van der Waals surface area contributed by atoms with Crippen molar-refractivity contribution in [3.05, 3.63) is 66.5 Å². The largest absolute Gasteiger partial charge is 0.354 e. The van der Waals surface area contributed by atoms with Gasteiger partial charge in [0.25, 0.3) is 0 Å². The maximum absolute atomic E-state index is 6.71. The van der Waals surface area contributed by atoms with Crippen LogP contribution in [0.3, 0.4) is 0 Å². The fraction of sp³-hybridized carbons (Fsp3) is 0.393. The highest BCUT2D eigenvalue weighted by Gasteiger charge is 2.23. The molecule has 37 heavy (non-hydrogen) atoms. The summed E-state index contributed by atoms with van der Waals surface area (Å²) in [4.78, 5) is 11.8. The maximum atomic E-state index is 6.71. The van der Waals surface area contributed by atoms with Crippen molar-refractivity contribution in [1.82, 2.24) is 24.9 Å². The average molecular weight is 519 g/mol. The van der Waals surface area contributed by atoms with Crippen molar-refractivity contribution in [2.75, 3.05) is 29.9 Å². The molecule has 2 saturated heterocycles. The van der Waals surface area contributed by atoms with Crippen LogP contribution in [0.4, 0.5) is 17.3 Å². The number of nitrogens with zero attached hydrogens (tertiary/aromatic N) is 5. The molecule has 3 aromatic heterocycles. The second kappa shape index (κ2) is 11.0. The van der Waals surface area contributed by atoms with Gasteiger partial charge in [0.1, 0.15) is 11.6 Å². The molecular weight excluding hydrogens is 484 g/mol. The molecule has 2 fully saturated rings. The molecule has 4 N–H and O–H groups in total. The Balaban J connectivity index is 0.00000280. The molecule has 4 aromatic rings. The van der Waals surface area contributed by atoms with E-state index in [1.54, 1.807) is 6.20 Å². The molecule has 9 heteroatoms. The zero-order chi connectivity index (χ0) is 24.5. The van der Waals surface area contributed by atoms with Gasteiger partial charge in [0.2, 0.25) is 0 Å². The van der Waals surface area contributed by atoms with Gasteiger partial charge in [0, 0.05) is 36.6 Å². The van der Waals surface area contributed by atoms with E-state index in [2.05, 4.69) is 69.9 Å². The van der Waals surface area contributed by atoms with Gasteiger partial charge < -0.3 is 21.3 Å². The highest BCUT2D eigenvalue weighted by atomic mass is 35.5. The van der Waals surface area contributed by atoms with Gasteiger partial charge in [-0.1, -0.05) is 24.3 Å². The van der Waals surface area contributed by atoms with Crippen molar-refractivity contribution < 1.29 is 0 Å². The zero-order valence-electron chi connectivity index (χ0n) is 21.2. The lowest BCUT2D eigenvalue weighted by atomic mass is 9.86. The first-order valence-electron chi connectivity index (χ1n) is 13.1. The highest BCUT2D eigenvalue weighted by Crippen LogP contribution is 2.31. The van der Waals surface area contributed by atoms with Crippen LogP contribution in [0.1, 0.15) is 44.2 Å². The molecule has 8 nitrogen and oxygen atoms in total. The van der Waals surface area contributed by atoms with E-state index in [9.17, 15) is 0 Å². The molecule has 2 aliphatic rings.